The molecule has 2 N–H and O–H groups in total. The SMILES string of the molecule is O=C(NCc1cccs1)NCC1CN(c2cccc(Cl)c2)C(=O)O1. The maximum absolute atomic E-state index is 12.0. The summed E-state index contributed by atoms with van der Waals surface area (Å²) in [5, 5.41) is 7.98. The number of nitrogens with zero attached hydrogens (tertiary/aromatic N) is 1. The second kappa shape index (κ2) is 7.55. The Morgan fingerprint density at radius 1 is 1.33 bits per heavy atom. The van der Waals surface area contributed by atoms with E-state index in [2.05, 4.69) is 10.6 Å². The number of cyclic esters (lactones) is 1. The number of halogens is 1. The Morgan fingerprint density at radius 2 is 2.21 bits per heavy atom. The number of carbonyl (C=O) groups is 2. The molecule has 3 amide bonds. The Morgan fingerprint density at radius 3 is 2.96 bits per heavy atom. The molecular formula is C16H16ClN3O3S. The molecule has 0 aliphatic carbocycles. The fourth-order valence-corrected chi connectivity index (χ4v) is 3.16. The number of nitrogens with one attached hydrogen (secondary N) is 2. The number of ether oxygens (including phenoxy) is 1. The standard InChI is InChI=1S/C16H16ClN3O3S/c17-11-3-1-4-12(7-11)20-10-13(23-16(20)22)8-18-15(21)19-9-14-5-2-6-24-14/h1-7,13H,8-10H2,(H2,18,19,21). The van der Waals surface area contributed by atoms with Crippen molar-refractivity contribution in [3.63, 3.8) is 0 Å². The van der Waals surface area contributed by atoms with Gasteiger partial charge in [-0.3, -0.25) is 4.90 Å². The minimum absolute atomic E-state index is 0.249. The van der Waals surface area contributed by atoms with Crippen LogP contribution in [0, 0.1) is 0 Å². The lowest BCUT2D eigenvalue weighted by Gasteiger charge is -2.13. The van der Waals surface area contributed by atoms with Gasteiger partial charge in [0.05, 0.1) is 19.6 Å². The fourth-order valence-electron chi connectivity index (χ4n) is 2.33. The van der Waals surface area contributed by atoms with Crippen LogP contribution in [-0.4, -0.2) is 31.3 Å². The fraction of sp³-hybridized carbons (Fsp3) is 0.250. The molecule has 126 valence electrons. The Balaban J connectivity index is 1.47. The van der Waals surface area contributed by atoms with Crippen LogP contribution in [0.3, 0.4) is 0 Å². The lowest BCUT2D eigenvalue weighted by atomic mass is 10.2. The van der Waals surface area contributed by atoms with Crippen molar-refractivity contribution in [1.29, 1.82) is 0 Å². The van der Waals surface area contributed by atoms with E-state index in [-0.39, 0.29) is 12.6 Å². The first-order valence-corrected chi connectivity index (χ1v) is 8.65. The van der Waals surface area contributed by atoms with E-state index in [1.165, 1.54) is 4.90 Å². The van der Waals surface area contributed by atoms with E-state index in [0.29, 0.717) is 23.8 Å². The summed E-state index contributed by atoms with van der Waals surface area (Å²) in [5.41, 5.74) is 0.678. The average Bonchev–Trinajstić information content (AvgIpc) is 3.20. The first kappa shape index (κ1) is 16.6. The van der Waals surface area contributed by atoms with Gasteiger partial charge in [-0.05, 0) is 29.6 Å². The minimum atomic E-state index is -0.442. The molecule has 6 nitrogen and oxygen atoms in total. The number of urea groups is 1. The molecule has 1 aliphatic heterocycles. The van der Waals surface area contributed by atoms with Gasteiger partial charge in [0.1, 0.15) is 6.10 Å². The largest absolute Gasteiger partial charge is 0.442 e. The van der Waals surface area contributed by atoms with E-state index in [4.69, 9.17) is 16.3 Å². The van der Waals surface area contributed by atoms with Crippen molar-refractivity contribution in [1.82, 2.24) is 10.6 Å². The summed E-state index contributed by atoms with van der Waals surface area (Å²) in [6.45, 7) is 1.09. The van der Waals surface area contributed by atoms with Crippen LogP contribution in [0.25, 0.3) is 0 Å². The van der Waals surface area contributed by atoms with Gasteiger partial charge >= 0.3 is 12.1 Å². The Labute approximate surface area is 148 Å². The molecule has 24 heavy (non-hydrogen) atoms. The molecule has 1 atom stereocenters. The molecular weight excluding hydrogens is 350 g/mol. The van der Waals surface area contributed by atoms with Gasteiger partial charge in [-0.15, -0.1) is 11.3 Å². The topological polar surface area (TPSA) is 70.7 Å². The van der Waals surface area contributed by atoms with Crippen LogP contribution in [-0.2, 0) is 11.3 Å². The van der Waals surface area contributed by atoms with Gasteiger partial charge in [-0.1, -0.05) is 23.7 Å². The lowest BCUT2D eigenvalue weighted by molar-refractivity contribution is 0.140. The quantitative estimate of drug-likeness (QED) is 0.854. The molecule has 1 saturated heterocycles. The summed E-state index contributed by atoms with van der Waals surface area (Å²) >= 11 is 7.52. The zero-order valence-corrected chi connectivity index (χ0v) is 14.3. The second-order valence-corrected chi connectivity index (χ2v) is 6.71. The molecule has 1 unspecified atom stereocenters. The van der Waals surface area contributed by atoms with Crippen molar-refractivity contribution in [2.24, 2.45) is 0 Å². The first-order valence-electron chi connectivity index (χ1n) is 7.39. The van der Waals surface area contributed by atoms with E-state index in [1.807, 2.05) is 17.5 Å². The second-order valence-electron chi connectivity index (χ2n) is 5.24. The molecule has 2 heterocycles. The number of hydrogen-bond donors (Lipinski definition) is 2. The maximum Gasteiger partial charge on any atom is 0.414 e. The minimum Gasteiger partial charge on any atom is -0.442 e. The number of carbonyl (C=O) groups excluding carboxylic acids is 2. The number of thiophene rings is 1. The number of anilines is 1. The van der Waals surface area contributed by atoms with Crippen LogP contribution >= 0.6 is 22.9 Å². The molecule has 1 aliphatic rings. The lowest BCUT2D eigenvalue weighted by Crippen LogP contribution is -2.40. The van der Waals surface area contributed by atoms with E-state index < -0.39 is 12.2 Å². The van der Waals surface area contributed by atoms with E-state index in [9.17, 15) is 9.59 Å². The predicted molar refractivity (Wildman–Crippen MR) is 93.6 cm³/mol. The number of benzene rings is 1. The molecule has 0 saturated carbocycles. The van der Waals surface area contributed by atoms with Gasteiger partial charge in [0.25, 0.3) is 0 Å². The normalized spacial score (nSPS) is 16.8. The highest BCUT2D eigenvalue weighted by Crippen LogP contribution is 2.24. The molecule has 0 radical (unpaired) electrons. The van der Waals surface area contributed by atoms with Gasteiger partial charge in [0, 0.05) is 15.6 Å². The summed E-state index contributed by atoms with van der Waals surface area (Å²) in [7, 11) is 0. The van der Waals surface area contributed by atoms with Gasteiger partial charge in [-0.2, -0.15) is 0 Å². The third kappa shape index (κ3) is 4.18. The summed E-state index contributed by atoms with van der Waals surface area (Å²) in [6, 6.07) is 10.6. The Hall–Kier alpha value is -2.25. The summed E-state index contributed by atoms with van der Waals surface area (Å²) in [5.74, 6) is 0. The predicted octanol–water partition coefficient (Wildman–Crippen LogP) is 3.23. The third-order valence-electron chi connectivity index (χ3n) is 3.49. The molecule has 1 aromatic heterocycles. The molecule has 0 spiro atoms. The Bertz CT molecular complexity index is 723. The van der Waals surface area contributed by atoms with Crippen molar-refractivity contribution >= 4 is 40.7 Å². The molecule has 1 fully saturated rings. The number of rotatable bonds is 5. The van der Waals surface area contributed by atoms with Crippen molar-refractivity contribution in [3.8, 4) is 0 Å². The highest BCUT2D eigenvalue weighted by atomic mass is 35.5. The number of hydrogen-bond acceptors (Lipinski definition) is 4. The zero-order chi connectivity index (χ0) is 16.9. The molecule has 2 aromatic rings. The van der Waals surface area contributed by atoms with Crippen molar-refractivity contribution in [3.05, 3.63) is 51.7 Å². The average molecular weight is 366 g/mol. The van der Waals surface area contributed by atoms with Gasteiger partial charge < -0.3 is 15.4 Å². The highest BCUT2D eigenvalue weighted by molar-refractivity contribution is 7.09. The van der Waals surface area contributed by atoms with Crippen LogP contribution in [0.15, 0.2) is 41.8 Å². The monoisotopic (exact) mass is 365 g/mol. The van der Waals surface area contributed by atoms with Crippen molar-refractivity contribution in [2.45, 2.75) is 12.6 Å². The maximum atomic E-state index is 12.0. The molecule has 1 aromatic carbocycles. The van der Waals surface area contributed by atoms with Gasteiger partial charge in [0.15, 0.2) is 0 Å². The number of amides is 3. The van der Waals surface area contributed by atoms with Gasteiger partial charge in [-0.25, -0.2) is 9.59 Å². The van der Waals surface area contributed by atoms with E-state index in [1.54, 1.807) is 35.6 Å². The molecule has 8 heteroatoms. The van der Waals surface area contributed by atoms with Crippen LogP contribution in [0.4, 0.5) is 15.3 Å². The van der Waals surface area contributed by atoms with Crippen molar-refractivity contribution < 1.29 is 14.3 Å². The molecule has 3 rings (SSSR count). The molecule has 0 bridgehead atoms. The third-order valence-corrected chi connectivity index (χ3v) is 4.60. The summed E-state index contributed by atoms with van der Waals surface area (Å²) in [4.78, 5) is 26.3. The van der Waals surface area contributed by atoms with Crippen LogP contribution in [0.2, 0.25) is 5.02 Å². The van der Waals surface area contributed by atoms with Crippen LogP contribution < -0.4 is 15.5 Å². The van der Waals surface area contributed by atoms with Crippen LogP contribution in [0.1, 0.15) is 4.88 Å². The van der Waals surface area contributed by atoms with Gasteiger partial charge in [0.2, 0.25) is 0 Å². The smallest absolute Gasteiger partial charge is 0.414 e. The van der Waals surface area contributed by atoms with E-state index in [0.717, 1.165) is 4.88 Å². The van der Waals surface area contributed by atoms with Crippen LogP contribution in [0.5, 0.6) is 0 Å². The zero-order valence-electron chi connectivity index (χ0n) is 12.7. The Kier molecular flexibility index (Phi) is 5.22. The summed E-state index contributed by atoms with van der Waals surface area (Å²) < 4.78 is 5.27. The first-order chi connectivity index (χ1) is 11.6. The van der Waals surface area contributed by atoms with E-state index >= 15 is 0 Å². The highest BCUT2D eigenvalue weighted by Gasteiger charge is 2.32. The van der Waals surface area contributed by atoms with Crippen molar-refractivity contribution in [2.75, 3.05) is 18.0 Å². The summed E-state index contributed by atoms with van der Waals surface area (Å²) in [6.07, 6.45) is -0.841.